The number of benzene rings is 1. The van der Waals surface area contributed by atoms with Crippen molar-refractivity contribution in [2.75, 3.05) is 26.2 Å². The molecule has 6 heteroatoms. The van der Waals surface area contributed by atoms with Crippen molar-refractivity contribution < 1.29 is 9.90 Å². The zero-order valence-corrected chi connectivity index (χ0v) is 10.9. The number of hydrogen-bond acceptors (Lipinski definition) is 4. The monoisotopic (exact) mass is 267 g/mol. The maximum Gasteiger partial charge on any atom is 0.415 e. The summed E-state index contributed by atoms with van der Waals surface area (Å²) in [5, 5.41) is 8.52. The fourth-order valence-electron chi connectivity index (χ4n) is 1.92. The third kappa shape index (κ3) is 4.21. The molecule has 0 radical (unpaired) electrons. The molecule has 5 nitrogen and oxygen atoms in total. The van der Waals surface area contributed by atoms with E-state index in [2.05, 4.69) is 33.9 Å². The van der Waals surface area contributed by atoms with Crippen LogP contribution in [0.3, 0.4) is 0 Å². The molecule has 0 aliphatic carbocycles. The molecule has 1 fully saturated rings. The molecule has 2 N–H and O–H groups in total. The molecule has 0 unspecified atom stereocenters. The second-order valence-corrected chi connectivity index (χ2v) is 5.09. The molecule has 1 aliphatic rings. The van der Waals surface area contributed by atoms with Crippen molar-refractivity contribution in [2.45, 2.75) is 6.54 Å². The first kappa shape index (κ1) is 13.2. The number of hydrogen-bond donors (Lipinski definition) is 2. The molecule has 2 rings (SSSR count). The molecular weight excluding hydrogens is 250 g/mol. The van der Waals surface area contributed by atoms with Crippen molar-refractivity contribution in [2.24, 2.45) is 0 Å². The van der Waals surface area contributed by atoms with E-state index >= 15 is 0 Å². The van der Waals surface area contributed by atoms with Gasteiger partial charge in [0.25, 0.3) is 0 Å². The van der Waals surface area contributed by atoms with E-state index in [1.807, 2.05) is 10.4 Å². The third-order valence-corrected chi connectivity index (χ3v) is 3.73. The van der Waals surface area contributed by atoms with Crippen LogP contribution in [0.25, 0.3) is 0 Å². The number of nitrogens with one attached hydrogen (secondary N) is 1. The average molecular weight is 267 g/mol. The van der Waals surface area contributed by atoms with Gasteiger partial charge in [0.1, 0.15) is 0 Å². The Morgan fingerprint density at radius 3 is 2.50 bits per heavy atom. The Hall–Kier alpha value is -1.24. The summed E-state index contributed by atoms with van der Waals surface area (Å²) in [6.45, 7) is 4.63. The van der Waals surface area contributed by atoms with E-state index in [0.717, 1.165) is 32.7 Å². The van der Waals surface area contributed by atoms with E-state index in [4.69, 9.17) is 5.11 Å². The van der Waals surface area contributed by atoms with Gasteiger partial charge in [0.05, 0.1) is 0 Å². The van der Waals surface area contributed by atoms with E-state index in [-0.39, 0.29) is 0 Å². The van der Waals surface area contributed by atoms with Crippen LogP contribution in [0.2, 0.25) is 0 Å². The highest BCUT2D eigenvalue weighted by atomic mass is 32.2. The van der Waals surface area contributed by atoms with Gasteiger partial charge in [-0.15, -0.1) is 0 Å². The maximum atomic E-state index is 10.4. The fraction of sp³-hybridized carbons (Fsp3) is 0.417. The summed E-state index contributed by atoms with van der Waals surface area (Å²) in [5.41, 5.74) is 1.32. The highest BCUT2D eigenvalue weighted by Gasteiger charge is 2.17. The fourth-order valence-corrected chi connectivity index (χ4v) is 2.48. The van der Waals surface area contributed by atoms with E-state index in [1.165, 1.54) is 17.7 Å². The van der Waals surface area contributed by atoms with Crippen molar-refractivity contribution in [3.63, 3.8) is 0 Å². The summed E-state index contributed by atoms with van der Waals surface area (Å²) in [7, 11) is 0. The van der Waals surface area contributed by atoms with Crippen molar-refractivity contribution in [3.05, 3.63) is 35.9 Å². The Labute approximate surface area is 111 Å². The van der Waals surface area contributed by atoms with E-state index < -0.39 is 6.09 Å². The van der Waals surface area contributed by atoms with Crippen LogP contribution in [0, 0.1) is 0 Å². The molecule has 0 spiro atoms. The van der Waals surface area contributed by atoms with Gasteiger partial charge in [0.2, 0.25) is 0 Å². The highest BCUT2D eigenvalue weighted by Crippen LogP contribution is 2.12. The highest BCUT2D eigenvalue weighted by molar-refractivity contribution is 7.95. The Morgan fingerprint density at radius 2 is 1.89 bits per heavy atom. The van der Waals surface area contributed by atoms with Crippen LogP contribution in [0.1, 0.15) is 5.56 Å². The second-order valence-electron chi connectivity index (χ2n) is 4.19. The van der Waals surface area contributed by atoms with Gasteiger partial charge in [-0.05, 0) is 5.56 Å². The van der Waals surface area contributed by atoms with Gasteiger partial charge < -0.3 is 5.11 Å². The van der Waals surface area contributed by atoms with Crippen molar-refractivity contribution in [1.29, 1.82) is 0 Å². The lowest BCUT2D eigenvalue weighted by Crippen LogP contribution is -2.44. The van der Waals surface area contributed by atoms with Gasteiger partial charge in [-0.2, -0.15) is 0 Å². The Bertz CT molecular complexity index is 380. The van der Waals surface area contributed by atoms with Gasteiger partial charge >= 0.3 is 6.09 Å². The van der Waals surface area contributed by atoms with Crippen molar-refractivity contribution >= 4 is 18.2 Å². The smallest absolute Gasteiger partial charge is 0.415 e. The molecule has 18 heavy (non-hydrogen) atoms. The van der Waals surface area contributed by atoms with Crippen LogP contribution in [-0.4, -0.2) is 46.6 Å². The third-order valence-electron chi connectivity index (χ3n) is 2.84. The molecule has 0 atom stereocenters. The molecule has 1 amide bonds. The minimum Gasteiger partial charge on any atom is -0.464 e. The molecule has 1 saturated heterocycles. The summed E-state index contributed by atoms with van der Waals surface area (Å²) < 4.78 is 4.36. The zero-order valence-electron chi connectivity index (χ0n) is 10.1. The predicted molar refractivity (Wildman–Crippen MR) is 72.0 cm³/mol. The minimum absolute atomic E-state index is 0.873. The first-order valence-corrected chi connectivity index (χ1v) is 6.68. The molecule has 0 saturated carbocycles. The summed E-state index contributed by atoms with van der Waals surface area (Å²) in [5.74, 6) is 0. The van der Waals surface area contributed by atoms with Gasteiger partial charge in [-0.1, -0.05) is 30.3 Å². The standard InChI is InChI=1S/C12H17N3O2S/c16-12(17)13-18-15-8-6-14(7-9-15)10-11-4-2-1-3-5-11/h1-5,13H,6-10H2,(H,16,17). The quantitative estimate of drug-likeness (QED) is 0.812. The minimum atomic E-state index is -0.994. The zero-order chi connectivity index (χ0) is 12.8. The van der Waals surface area contributed by atoms with Gasteiger partial charge in [0, 0.05) is 44.9 Å². The van der Waals surface area contributed by atoms with E-state index in [9.17, 15) is 4.79 Å². The molecule has 1 aliphatic heterocycles. The summed E-state index contributed by atoms with van der Waals surface area (Å²) in [6.07, 6.45) is -0.994. The maximum absolute atomic E-state index is 10.4. The largest absolute Gasteiger partial charge is 0.464 e. The number of carboxylic acid groups (broad SMARTS) is 1. The number of nitrogens with zero attached hydrogens (tertiary/aromatic N) is 2. The predicted octanol–water partition coefficient (Wildman–Crippen LogP) is 1.64. The van der Waals surface area contributed by atoms with Crippen LogP contribution < -0.4 is 4.72 Å². The number of piperazine rings is 1. The van der Waals surface area contributed by atoms with Gasteiger partial charge in [-0.25, -0.2) is 9.10 Å². The Balaban J connectivity index is 1.72. The molecule has 1 heterocycles. The normalized spacial score (nSPS) is 17.6. The lowest BCUT2D eigenvalue weighted by Gasteiger charge is -2.33. The summed E-state index contributed by atoms with van der Waals surface area (Å²) in [4.78, 5) is 12.8. The lowest BCUT2D eigenvalue weighted by molar-refractivity contribution is 0.186. The summed E-state index contributed by atoms with van der Waals surface area (Å²) in [6, 6.07) is 10.4. The number of carbonyl (C=O) groups is 1. The van der Waals surface area contributed by atoms with Gasteiger partial charge in [0.15, 0.2) is 0 Å². The molecular formula is C12H17N3O2S. The molecule has 1 aromatic rings. The molecule has 98 valence electrons. The average Bonchev–Trinajstić information content (AvgIpc) is 2.39. The van der Waals surface area contributed by atoms with E-state index in [1.54, 1.807) is 0 Å². The first-order chi connectivity index (χ1) is 8.74. The number of amides is 1. The molecule has 1 aromatic carbocycles. The van der Waals surface area contributed by atoms with Crippen LogP contribution in [0.15, 0.2) is 30.3 Å². The Kier molecular flexibility index (Phi) is 4.86. The SMILES string of the molecule is O=C(O)NSN1CCN(Cc2ccccc2)CC1. The van der Waals surface area contributed by atoms with E-state index in [0.29, 0.717) is 0 Å². The summed E-state index contributed by atoms with van der Waals surface area (Å²) >= 11 is 1.17. The topological polar surface area (TPSA) is 55.8 Å². The van der Waals surface area contributed by atoms with Gasteiger partial charge in [-0.3, -0.25) is 9.62 Å². The van der Waals surface area contributed by atoms with Crippen LogP contribution in [0.5, 0.6) is 0 Å². The Morgan fingerprint density at radius 1 is 1.22 bits per heavy atom. The molecule has 0 bridgehead atoms. The lowest BCUT2D eigenvalue weighted by atomic mass is 10.2. The first-order valence-electron chi connectivity index (χ1n) is 5.91. The second kappa shape index (κ2) is 6.63. The van der Waals surface area contributed by atoms with Crippen molar-refractivity contribution in [1.82, 2.24) is 13.9 Å². The van der Waals surface area contributed by atoms with Crippen LogP contribution in [-0.2, 0) is 6.54 Å². The van der Waals surface area contributed by atoms with Crippen molar-refractivity contribution in [3.8, 4) is 0 Å². The van der Waals surface area contributed by atoms with Crippen LogP contribution in [0.4, 0.5) is 4.79 Å². The van der Waals surface area contributed by atoms with Crippen LogP contribution >= 0.6 is 12.1 Å². The molecule has 0 aromatic heterocycles. The number of rotatable bonds is 4.